The summed E-state index contributed by atoms with van der Waals surface area (Å²) in [5, 5.41) is 2.99. The first kappa shape index (κ1) is 15.0. The Morgan fingerprint density at radius 3 is 2.70 bits per heavy atom. The molecule has 0 aliphatic carbocycles. The third-order valence-corrected chi connectivity index (χ3v) is 4.27. The van der Waals surface area contributed by atoms with Gasteiger partial charge in [-0.2, -0.15) is 0 Å². The van der Waals surface area contributed by atoms with Gasteiger partial charge in [-0.05, 0) is 42.0 Å². The highest BCUT2D eigenvalue weighted by atomic mass is 79.9. The Bertz CT molecular complexity index is 732. The van der Waals surface area contributed by atoms with Gasteiger partial charge < -0.3 is 5.32 Å². The quantitative estimate of drug-likeness (QED) is 0.912. The monoisotopic (exact) mass is 356 g/mol. The largest absolute Gasteiger partial charge is 0.380 e. The van der Waals surface area contributed by atoms with Crippen LogP contribution in [0.5, 0.6) is 0 Å². The molecule has 0 aliphatic heterocycles. The highest BCUT2D eigenvalue weighted by Crippen LogP contribution is 2.23. The first-order valence-corrected chi connectivity index (χ1v) is 8.44. The summed E-state index contributed by atoms with van der Waals surface area (Å²) in [5.74, 6) is -0.579. The lowest BCUT2D eigenvalue weighted by Gasteiger charge is -2.11. The average Bonchev–Trinajstić information content (AvgIpc) is 2.36. The van der Waals surface area contributed by atoms with E-state index in [2.05, 4.69) is 27.3 Å². The molecule has 1 N–H and O–H groups in total. The van der Waals surface area contributed by atoms with Crippen LogP contribution in [0.2, 0.25) is 0 Å². The van der Waals surface area contributed by atoms with Crippen LogP contribution < -0.4 is 5.32 Å². The Morgan fingerprint density at radius 2 is 2.05 bits per heavy atom. The van der Waals surface area contributed by atoms with Crippen molar-refractivity contribution in [2.45, 2.75) is 11.4 Å². The first-order valence-electron chi connectivity index (χ1n) is 5.76. The fourth-order valence-electron chi connectivity index (χ4n) is 1.73. The Kier molecular flexibility index (Phi) is 4.45. The van der Waals surface area contributed by atoms with Crippen molar-refractivity contribution in [1.29, 1.82) is 0 Å². The van der Waals surface area contributed by atoms with Crippen molar-refractivity contribution in [3.05, 3.63) is 58.3 Å². The van der Waals surface area contributed by atoms with Crippen LogP contribution in [0, 0.1) is 11.9 Å². The molecule has 0 saturated carbocycles. The van der Waals surface area contributed by atoms with Gasteiger partial charge in [0.05, 0.1) is 10.6 Å². The minimum absolute atomic E-state index is 0.0486. The van der Waals surface area contributed by atoms with Crippen LogP contribution in [0.3, 0.4) is 0 Å². The van der Waals surface area contributed by atoms with E-state index in [-0.39, 0.29) is 4.90 Å². The molecule has 0 saturated heterocycles. The topological polar surface area (TPSA) is 46.2 Å². The molecule has 2 rings (SSSR count). The molecule has 0 aromatic heterocycles. The number of halogens is 2. The van der Waals surface area contributed by atoms with E-state index in [1.165, 1.54) is 12.1 Å². The summed E-state index contributed by atoms with van der Waals surface area (Å²) in [6.45, 7) is 0.396. The standard InChI is InChI=1S/C14H12BrFNO2S/c1-20(18,19)14-8-12(16)5-6-13(14)17-9-10-3-2-4-11(15)7-10/h2,4-8,17H,9H2,1H3. The van der Waals surface area contributed by atoms with Gasteiger partial charge in [-0.15, -0.1) is 0 Å². The Labute approximate surface area is 125 Å². The van der Waals surface area contributed by atoms with Crippen LogP contribution in [-0.4, -0.2) is 14.7 Å². The van der Waals surface area contributed by atoms with E-state index in [0.29, 0.717) is 12.2 Å². The summed E-state index contributed by atoms with van der Waals surface area (Å²) in [6, 6.07) is 12.2. The molecule has 2 aromatic carbocycles. The molecule has 105 valence electrons. The van der Waals surface area contributed by atoms with Gasteiger partial charge in [0.15, 0.2) is 9.84 Å². The number of nitrogens with one attached hydrogen (secondary N) is 1. The third kappa shape index (κ3) is 3.80. The van der Waals surface area contributed by atoms with Crippen molar-refractivity contribution in [3.63, 3.8) is 0 Å². The lowest BCUT2D eigenvalue weighted by molar-refractivity contribution is 0.596. The fourth-order valence-corrected chi connectivity index (χ4v) is 3.00. The van der Waals surface area contributed by atoms with Gasteiger partial charge in [0.1, 0.15) is 5.82 Å². The summed E-state index contributed by atoms with van der Waals surface area (Å²) >= 11 is 3.35. The number of rotatable bonds is 4. The van der Waals surface area contributed by atoms with Crippen molar-refractivity contribution in [2.75, 3.05) is 11.6 Å². The molecule has 2 aromatic rings. The summed E-state index contributed by atoms with van der Waals surface area (Å²) in [5.41, 5.74) is 1.24. The number of hydrogen-bond acceptors (Lipinski definition) is 3. The maximum atomic E-state index is 13.2. The van der Waals surface area contributed by atoms with Crippen LogP contribution >= 0.6 is 15.9 Å². The van der Waals surface area contributed by atoms with Crippen molar-refractivity contribution >= 4 is 31.5 Å². The summed E-state index contributed by atoms with van der Waals surface area (Å²) in [4.78, 5) is -0.0486. The van der Waals surface area contributed by atoms with Crippen molar-refractivity contribution in [2.24, 2.45) is 0 Å². The molecule has 0 aliphatic rings. The number of benzene rings is 2. The second-order valence-corrected chi connectivity index (χ2v) is 7.20. The van der Waals surface area contributed by atoms with Crippen molar-refractivity contribution in [3.8, 4) is 0 Å². The van der Waals surface area contributed by atoms with Crippen molar-refractivity contribution < 1.29 is 12.8 Å². The summed E-state index contributed by atoms with van der Waals surface area (Å²) in [7, 11) is -3.49. The Morgan fingerprint density at radius 1 is 1.30 bits per heavy atom. The second kappa shape index (κ2) is 5.93. The van der Waals surface area contributed by atoms with Gasteiger partial charge >= 0.3 is 0 Å². The number of hydrogen-bond donors (Lipinski definition) is 1. The molecule has 1 radical (unpaired) electrons. The Balaban J connectivity index is 2.26. The summed E-state index contributed by atoms with van der Waals surface area (Å²) in [6.07, 6.45) is 1.05. The molecule has 0 amide bonds. The predicted molar refractivity (Wildman–Crippen MR) is 79.8 cm³/mol. The van der Waals surface area contributed by atoms with Crippen LogP contribution in [0.15, 0.2) is 45.8 Å². The van der Waals surface area contributed by atoms with Gasteiger partial charge in [0.2, 0.25) is 0 Å². The van der Waals surface area contributed by atoms with Gasteiger partial charge in [-0.3, -0.25) is 0 Å². The summed E-state index contributed by atoms with van der Waals surface area (Å²) < 4.78 is 37.4. The highest BCUT2D eigenvalue weighted by Gasteiger charge is 2.14. The average molecular weight is 357 g/mol. The highest BCUT2D eigenvalue weighted by molar-refractivity contribution is 9.10. The maximum absolute atomic E-state index is 13.2. The lowest BCUT2D eigenvalue weighted by atomic mass is 10.2. The van der Waals surface area contributed by atoms with E-state index < -0.39 is 15.7 Å². The molecule has 20 heavy (non-hydrogen) atoms. The fraction of sp³-hybridized carbons (Fsp3) is 0.143. The van der Waals surface area contributed by atoms with E-state index in [4.69, 9.17) is 0 Å². The molecule has 3 nitrogen and oxygen atoms in total. The third-order valence-electron chi connectivity index (χ3n) is 2.64. The van der Waals surface area contributed by atoms with E-state index in [1.54, 1.807) is 6.07 Å². The molecule has 0 bridgehead atoms. The lowest BCUT2D eigenvalue weighted by Crippen LogP contribution is -2.06. The van der Waals surface area contributed by atoms with Gasteiger partial charge in [0, 0.05) is 17.3 Å². The van der Waals surface area contributed by atoms with E-state index in [1.807, 2.05) is 12.1 Å². The van der Waals surface area contributed by atoms with Crippen LogP contribution in [0.25, 0.3) is 0 Å². The normalized spacial score (nSPS) is 11.3. The van der Waals surface area contributed by atoms with Crippen LogP contribution in [0.4, 0.5) is 10.1 Å². The maximum Gasteiger partial charge on any atom is 0.177 e. The molecule has 6 heteroatoms. The predicted octanol–water partition coefficient (Wildman–Crippen LogP) is 3.40. The number of sulfone groups is 1. The zero-order valence-electron chi connectivity index (χ0n) is 10.7. The molecule has 0 unspecified atom stereocenters. The smallest absolute Gasteiger partial charge is 0.177 e. The van der Waals surface area contributed by atoms with E-state index in [0.717, 1.165) is 22.4 Å². The molecule has 0 spiro atoms. The second-order valence-electron chi connectivity index (χ2n) is 4.30. The zero-order chi connectivity index (χ0) is 14.8. The number of anilines is 1. The van der Waals surface area contributed by atoms with Crippen molar-refractivity contribution in [1.82, 2.24) is 0 Å². The zero-order valence-corrected chi connectivity index (χ0v) is 13.1. The van der Waals surface area contributed by atoms with Gasteiger partial charge in [-0.25, -0.2) is 12.8 Å². The molecule has 0 heterocycles. The molecular formula is C14H12BrFNO2S. The molecule has 0 fully saturated rings. The molecule has 0 atom stereocenters. The Hall–Kier alpha value is -1.40. The van der Waals surface area contributed by atoms with Gasteiger partial charge in [0.25, 0.3) is 0 Å². The minimum Gasteiger partial charge on any atom is -0.380 e. The van der Waals surface area contributed by atoms with Gasteiger partial charge in [-0.1, -0.05) is 22.0 Å². The first-order chi connectivity index (χ1) is 9.36. The van der Waals surface area contributed by atoms with Crippen LogP contribution in [0.1, 0.15) is 5.56 Å². The molecular weight excluding hydrogens is 345 g/mol. The van der Waals surface area contributed by atoms with E-state index >= 15 is 0 Å². The SMILES string of the molecule is CS(=O)(=O)c1cc(F)ccc1NCc1[c]ccc(Br)c1. The minimum atomic E-state index is -3.49. The van der Waals surface area contributed by atoms with Crippen LogP contribution in [-0.2, 0) is 16.4 Å². The van der Waals surface area contributed by atoms with E-state index in [9.17, 15) is 12.8 Å².